The van der Waals surface area contributed by atoms with Gasteiger partial charge in [0, 0.05) is 22.5 Å². The van der Waals surface area contributed by atoms with Gasteiger partial charge >= 0.3 is 5.97 Å². The van der Waals surface area contributed by atoms with E-state index in [4.69, 9.17) is 4.74 Å². The van der Waals surface area contributed by atoms with Crippen molar-refractivity contribution in [1.29, 1.82) is 0 Å². The van der Waals surface area contributed by atoms with Gasteiger partial charge < -0.3 is 4.74 Å². The van der Waals surface area contributed by atoms with Crippen LogP contribution in [0.25, 0.3) is 0 Å². The number of rotatable bonds is 7. The molecule has 1 N–H and O–H groups in total. The zero-order chi connectivity index (χ0) is 25.3. The lowest BCUT2D eigenvalue weighted by Crippen LogP contribution is -2.44. The number of imide groups is 1. The number of hydrogen-bond donors (Lipinski definition) is 1. The number of carbonyl (C=O) groups is 5. The number of fused-ring (bicyclic) bond motifs is 1. The molecule has 35 heavy (non-hydrogen) atoms. The SMILES string of the molecule is Cc1cc(C(=O)COC(=O)[C@H](C)N2C(=O)C3CCCCC3C2=O)c(C)n1NC(=O)c1ccccc1. The Bertz CT molecular complexity index is 1160. The van der Waals surface area contributed by atoms with Crippen LogP contribution in [0.2, 0.25) is 0 Å². The number of ketones is 1. The molecule has 3 amide bonds. The lowest BCUT2D eigenvalue weighted by atomic mass is 9.81. The highest BCUT2D eigenvalue weighted by Gasteiger charge is 2.51. The monoisotopic (exact) mass is 479 g/mol. The van der Waals surface area contributed by atoms with Crippen LogP contribution in [0.3, 0.4) is 0 Å². The predicted octanol–water partition coefficient (Wildman–Crippen LogP) is 2.78. The van der Waals surface area contributed by atoms with Gasteiger partial charge in [0.15, 0.2) is 6.61 Å². The molecule has 1 aromatic carbocycles. The highest BCUT2D eigenvalue weighted by molar-refractivity contribution is 6.08. The molecule has 1 aromatic heterocycles. The molecule has 2 aliphatic rings. The summed E-state index contributed by atoms with van der Waals surface area (Å²) in [6, 6.07) is 9.20. The summed E-state index contributed by atoms with van der Waals surface area (Å²) in [4.78, 5) is 64.4. The first-order chi connectivity index (χ1) is 16.7. The van der Waals surface area contributed by atoms with Crippen LogP contribution < -0.4 is 5.43 Å². The van der Waals surface area contributed by atoms with Crippen LogP contribution in [-0.4, -0.2) is 51.7 Å². The zero-order valence-corrected chi connectivity index (χ0v) is 20.1. The summed E-state index contributed by atoms with van der Waals surface area (Å²) in [5.74, 6) is -2.95. The van der Waals surface area contributed by atoms with Gasteiger partial charge in [-0.25, -0.2) is 4.79 Å². The third-order valence-electron chi connectivity index (χ3n) is 6.93. The second-order valence-electron chi connectivity index (χ2n) is 9.18. The first-order valence-electron chi connectivity index (χ1n) is 11.8. The Hall–Kier alpha value is -3.75. The molecule has 0 spiro atoms. The molecular weight excluding hydrogens is 450 g/mol. The Morgan fingerprint density at radius 1 is 1.03 bits per heavy atom. The topological polar surface area (TPSA) is 115 Å². The zero-order valence-electron chi connectivity index (χ0n) is 20.1. The van der Waals surface area contributed by atoms with Crippen molar-refractivity contribution in [2.45, 2.75) is 52.5 Å². The number of aromatic nitrogens is 1. The van der Waals surface area contributed by atoms with Crippen LogP contribution in [-0.2, 0) is 19.1 Å². The standard InChI is InChI=1S/C26H29N3O6/c1-15-13-21(16(2)29(15)27-23(31)18-9-5-4-6-10-18)22(30)14-35-26(34)17(3)28-24(32)19-11-7-8-12-20(19)25(28)33/h4-6,9-10,13,17,19-20H,7-8,11-12,14H2,1-3H3,(H,27,31)/t17-,19?,20?/m0/s1. The normalized spacial score (nSPS) is 20.4. The number of ether oxygens (including phenoxy) is 1. The smallest absolute Gasteiger partial charge is 0.329 e. The Morgan fingerprint density at radius 3 is 2.23 bits per heavy atom. The summed E-state index contributed by atoms with van der Waals surface area (Å²) in [6.07, 6.45) is 3.10. The molecule has 0 bridgehead atoms. The van der Waals surface area contributed by atoms with E-state index in [-0.39, 0.29) is 29.6 Å². The molecule has 2 fully saturated rings. The van der Waals surface area contributed by atoms with Gasteiger partial charge in [-0.3, -0.25) is 34.2 Å². The second-order valence-corrected chi connectivity index (χ2v) is 9.18. The minimum absolute atomic E-state index is 0.302. The van der Waals surface area contributed by atoms with Crippen LogP contribution in [0.15, 0.2) is 36.4 Å². The average Bonchev–Trinajstić information content (AvgIpc) is 3.29. The number of likely N-dealkylation sites (tertiary alicyclic amines) is 1. The van der Waals surface area contributed by atoms with E-state index in [2.05, 4.69) is 5.43 Å². The van der Waals surface area contributed by atoms with Crippen LogP contribution >= 0.6 is 0 Å². The van der Waals surface area contributed by atoms with Gasteiger partial charge in [-0.2, -0.15) is 0 Å². The van der Waals surface area contributed by atoms with Crippen molar-refractivity contribution in [2.75, 3.05) is 12.0 Å². The number of aryl methyl sites for hydroxylation is 1. The molecule has 184 valence electrons. The largest absolute Gasteiger partial charge is 0.456 e. The summed E-state index contributed by atoms with van der Waals surface area (Å²) in [7, 11) is 0. The lowest BCUT2D eigenvalue weighted by molar-refractivity contribution is -0.157. The maximum atomic E-state index is 12.8. The van der Waals surface area contributed by atoms with Gasteiger partial charge in [-0.1, -0.05) is 31.0 Å². The van der Waals surface area contributed by atoms with E-state index in [9.17, 15) is 24.0 Å². The van der Waals surface area contributed by atoms with Gasteiger partial charge in [0.25, 0.3) is 5.91 Å². The highest BCUT2D eigenvalue weighted by Crippen LogP contribution is 2.38. The first kappa shape index (κ1) is 24.4. The molecule has 9 nitrogen and oxygen atoms in total. The van der Waals surface area contributed by atoms with Crippen LogP contribution in [0.4, 0.5) is 0 Å². The van der Waals surface area contributed by atoms with Crippen LogP contribution in [0, 0.1) is 25.7 Å². The minimum atomic E-state index is -1.09. The third-order valence-corrected chi connectivity index (χ3v) is 6.93. The van der Waals surface area contributed by atoms with Crippen LogP contribution in [0.1, 0.15) is 64.7 Å². The van der Waals surface area contributed by atoms with Crippen molar-refractivity contribution < 1.29 is 28.7 Å². The summed E-state index contributed by atoms with van der Waals surface area (Å²) in [6.45, 7) is 4.33. The van der Waals surface area contributed by atoms with E-state index >= 15 is 0 Å². The Balaban J connectivity index is 1.39. The third kappa shape index (κ3) is 4.62. The van der Waals surface area contributed by atoms with E-state index in [0.717, 1.165) is 17.7 Å². The maximum Gasteiger partial charge on any atom is 0.329 e. The molecule has 9 heteroatoms. The molecule has 2 unspecified atom stereocenters. The van der Waals surface area contributed by atoms with Gasteiger partial charge in [-0.15, -0.1) is 0 Å². The van der Waals surface area contributed by atoms with Crippen molar-refractivity contribution in [3.63, 3.8) is 0 Å². The molecule has 4 rings (SSSR count). The summed E-state index contributed by atoms with van der Waals surface area (Å²) < 4.78 is 6.72. The molecule has 0 radical (unpaired) electrons. The summed E-state index contributed by atoms with van der Waals surface area (Å²) in [5, 5.41) is 0. The summed E-state index contributed by atoms with van der Waals surface area (Å²) in [5.41, 5.74) is 4.66. The highest BCUT2D eigenvalue weighted by atomic mass is 16.5. The average molecular weight is 480 g/mol. The number of benzene rings is 1. The lowest BCUT2D eigenvalue weighted by Gasteiger charge is -2.21. The van der Waals surface area contributed by atoms with E-state index < -0.39 is 24.4 Å². The first-order valence-corrected chi connectivity index (χ1v) is 11.8. The molecule has 1 aliphatic carbocycles. The Labute approximate surface area is 203 Å². The fourth-order valence-corrected chi connectivity index (χ4v) is 4.98. The Morgan fingerprint density at radius 2 is 1.63 bits per heavy atom. The molecule has 3 atom stereocenters. The molecule has 2 heterocycles. The number of esters is 1. The molecular formula is C26H29N3O6. The van der Waals surface area contributed by atoms with E-state index in [0.29, 0.717) is 35.4 Å². The van der Waals surface area contributed by atoms with Gasteiger partial charge in [0.1, 0.15) is 6.04 Å². The Kier molecular flexibility index (Phi) is 6.86. The number of carbonyl (C=O) groups excluding carboxylic acids is 5. The second kappa shape index (κ2) is 9.85. The molecule has 1 saturated heterocycles. The van der Waals surface area contributed by atoms with Crippen LogP contribution in [0.5, 0.6) is 0 Å². The molecule has 2 aromatic rings. The van der Waals surface area contributed by atoms with E-state index in [1.54, 1.807) is 44.2 Å². The number of amides is 3. The minimum Gasteiger partial charge on any atom is -0.456 e. The fourth-order valence-electron chi connectivity index (χ4n) is 4.98. The quantitative estimate of drug-likeness (QED) is 0.371. The predicted molar refractivity (Wildman–Crippen MR) is 126 cm³/mol. The number of Topliss-reactive ketones (excluding diaryl/α,β-unsaturated/α-hetero) is 1. The van der Waals surface area contributed by atoms with Crippen molar-refractivity contribution in [3.8, 4) is 0 Å². The van der Waals surface area contributed by atoms with E-state index in [1.807, 2.05) is 6.07 Å². The van der Waals surface area contributed by atoms with Crippen molar-refractivity contribution in [2.24, 2.45) is 11.8 Å². The fraction of sp³-hybridized carbons (Fsp3) is 0.423. The molecule has 1 aliphatic heterocycles. The summed E-state index contributed by atoms with van der Waals surface area (Å²) >= 11 is 0. The van der Waals surface area contributed by atoms with Gasteiger partial charge in [0.05, 0.1) is 11.8 Å². The van der Waals surface area contributed by atoms with E-state index in [1.165, 1.54) is 11.6 Å². The maximum absolute atomic E-state index is 12.8. The number of nitrogens with zero attached hydrogens (tertiary/aromatic N) is 2. The molecule has 1 saturated carbocycles. The van der Waals surface area contributed by atoms with Gasteiger partial charge in [-0.05, 0) is 51.8 Å². The van der Waals surface area contributed by atoms with Crippen molar-refractivity contribution >= 4 is 29.5 Å². The van der Waals surface area contributed by atoms with Crippen molar-refractivity contribution in [1.82, 2.24) is 9.58 Å². The number of nitrogens with one attached hydrogen (secondary N) is 1. The number of hydrogen-bond acceptors (Lipinski definition) is 6. The van der Waals surface area contributed by atoms with Gasteiger partial charge in [0.2, 0.25) is 17.6 Å². The van der Waals surface area contributed by atoms with Crippen molar-refractivity contribution in [3.05, 3.63) is 58.9 Å².